The number of fused-ring (bicyclic) bond motifs is 4. The van der Waals surface area contributed by atoms with Crippen molar-refractivity contribution in [3.05, 3.63) is 94.0 Å². The third-order valence-electron chi connectivity index (χ3n) is 10.5. The van der Waals surface area contributed by atoms with E-state index in [9.17, 15) is 24.3 Å². The number of methoxy groups -OCH3 is 1. The van der Waals surface area contributed by atoms with Crippen LogP contribution in [0.5, 0.6) is 11.5 Å². The zero-order chi connectivity index (χ0) is 31.8. The second kappa shape index (κ2) is 10.7. The lowest BCUT2D eigenvalue weighted by atomic mass is 9.51. The van der Waals surface area contributed by atoms with Crippen molar-refractivity contribution in [3.8, 4) is 11.5 Å². The first-order chi connectivity index (χ1) is 21.6. The highest BCUT2D eigenvalue weighted by Crippen LogP contribution is 2.64. The molecule has 2 heterocycles. The average Bonchev–Trinajstić information content (AvgIpc) is 3.42. The van der Waals surface area contributed by atoms with Crippen LogP contribution in [-0.2, 0) is 25.6 Å². The van der Waals surface area contributed by atoms with Gasteiger partial charge in [-0.05, 0) is 95.6 Å². The van der Waals surface area contributed by atoms with Crippen LogP contribution in [0, 0.1) is 29.1 Å². The monoisotopic (exact) mass is 668 g/mol. The number of carbonyl (C=O) groups excluding carboxylic acids is 4. The van der Waals surface area contributed by atoms with E-state index in [2.05, 4.69) is 15.9 Å². The summed E-state index contributed by atoms with van der Waals surface area (Å²) in [5.41, 5.74) is 2.51. The maximum atomic E-state index is 14.5. The van der Waals surface area contributed by atoms with Gasteiger partial charge in [-0.2, -0.15) is 0 Å². The summed E-state index contributed by atoms with van der Waals surface area (Å²) in [7, 11) is 1.45. The van der Waals surface area contributed by atoms with Crippen LogP contribution in [0.4, 0.5) is 11.4 Å². The van der Waals surface area contributed by atoms with Gasteiger partial charge in [-0.25, -0.2) is 4.90 Å². The number of carbonyl (C=O) groups is 4. The molecule has 2 aliphatic heterocycles. The fourth-order valence-corrected chi connectivity index (χ4v) is 8.73. The van der Waals surface area contributed by atoms with E-state index in [1.165, 1.54) is 16.9 Å². The molecule has 0 aromatic heterocycles. The fourth-order valence-electron chi connectivity index (χ4n) is 8.27. The molecular formula is C36H33BrN2O6. The highest BCUT2D eigenvalue weighted by Gasteiger charge is 2.67. The van der Waals surface area contributed by atoms with E-state index < -0.39 is 35.0 Å². The van der Waals surface area contributed by atoms with Crippen LogP contribution < -0.4 is 14.5 Å². The lowest BCUT2D eigenvalue weighted by Crippen LogP contribution is -2.48. The number of allylic oxidation sites excluding steroid dienone is 2. The molecule has 1 saturated carbocycles. The first-order valence-corrected chi connectivity index (χ1v) is 16.1. The van der Waals surface area contributed by atoms with E-state index in [4.69, 9.17) is 4.74 Å². The van der Waals surface area contributed by atoms with Crippen molar-refractivity contribution in [2.24, 2.45) is 29.1 Å². The van der Waals surface area contributed by atoms with E-state index in [1.807, 2.05) is 50.3 Å². The minimum absolute atomic E-state index is 0.0750. The highest BCUT2D eigenvalue weighted by molar-refractivity contribution is 9.10. The second-order valence-electron chi connectivity index (χ2n) is 12.6. The summed E-state index contributed by atoms with van der Waals surface area (Å²) in [5, 5.41) is 10.6. The molecule has 45 heavy (non-hydrogen) atoms. The highest BCUT2D eigenvalue weighted by atomic mass is 79.9. The number of halogens is 1. The number of para-hydroxylation sites is 1. The second-order valence-corrected chi connectivity index (χ2v) is 13.4. The maximum Gasteiger partial charge on any atom is 0.241 e. The Bertz CT molecular complexity index is 1790. The van der Waals surface area contributed by atoms with Gasteiger partial charge >= 0.3 is 0 Å². The number of rotatable bonds is 5. The molecular weight excluding hydrogens is 636 g/mol. The lowest BCUT2D eigenvalue weighted by Gasteiger charge is -2.49. The normalized spacial score (nSPS) is 29.0. The molecule has 2 saturated heterocycles. The predicted molar refractivity (Wildman–Crippen MR) is 172 cm³/mol. The van der Waals surface area contributed by atoms with Gasteiger partial charge in [0, 0.05) is 5.92 Å². The average molecular weight is 670 g/mol. The molecule has 7 rings (SSSR count). The Labute approximate surface area is 269 Å². The smallest absolute Gasteiger partial charge is 0.241 e. The molecule has 3 aromatic rings. The lowest BCUT2D eigenvalue weighted by molar-refractivity contribution is -0.131. The van der Waals surface area contributed by atoms with E-state index >= 15 is 0 Å². The Morgan fingerprint density at radius 1 is 0.911 bits per heavy atom. The van der Waals surface area contributed by atoms with Crippen molar-refractivity contribution in [1.82, 2.24) is 0 Å². The van der Waals surface area contributed by atoms with Crippen molar-refractivity contribution in [3.63, 3.8) is 0 Å². The van der Waals surface area contributed by atoms with Gasteiger partial charge in [0.05, 0.1) is 46.1 Å². The number of hydrogen-bond donors (Lipinski definition) is 1. The predicted octanol–water partition coefficient (Wildman–Crippen LogP) is 6.16. The summed E-state index contributed by atoms with van der Waals surface area (Å²) < 4.78 is 5.88. The summed E-state index contributed by atoms with van der Waals surface area (Å²) in [4.78, 5) is 59.5. The van der Waals surface area contributed by atoms with Crippen LogP contribution in [0.25, 0.3) is 0 Å². The van der Waals surface area contributed by atoms with Crippen LogP contribution in [0.2, 0.25) is 0 Å². The number of aromatic hydroxyl groups is 1. The largest absolute Gasteiger partial charge is 0.503 e. The van der Waals surface area contributed by atoms with E-state index in [1.54, 1.807) is 36.4 Å². The van der Waals surface area contributed by atoms with Gasteiger partial charge in [0.15, 0.2) is 11.5 Å². The number of imide groups is 2. The number of phenolic OH excluding ortho intramolecular Hbond substituents is 1. The topological polar surface area (TPSA) is 104 Å². The number of ether oxygens (including phenoxy) is 1. The number of aryl methyl sites for hydroxylation is 1. The van der Waals surface area contributed by atoms with Gasteiger partial charge in [0.2, 0.25) is 23.6 Å². The number of amides is 4. The standard InChI is InChI=1S/C36H33BrN2O6/c1-4-19-10-12-22(13-11-19)38-32(41)24-15-14-23-25(29(24)34(38)43)18-26-33(42)39(21-8-6-5-7-9-21)35(44)36(26,2)30(23)20-16-27(37)31(40)28(17-20)45-3/h5-14,16-17,24-26,29-30,40H,4,15,18H2,1-3H3. The molecule has 1 N–H and O–H groups in total. The summed E-state index contributed by atoms with van der Waals surface area (Å²) in [6, 6.07) is 19.9. The van der Waals surface area contributed by atoms with Gasteiger partial charge in [-0.15, -0.1) is 0 Å². The third-order valence-corrected chi connectivity index (χ3v) is 11.1. The molecule has 6 atom stereocenters. The summed E-state index contributed by atoms with van der Waals surface area (Å²) in [6.07, 6.45) is 3.48. The van der Waals surface area contributed by atoms with Crippen molar-refractivity contribution in [1.29, 1.82) is 0 Å². The minimum Gasteiger partial charge on any atom is -0.503 e. The fraction of sp³-hybridized carbons (Fsp3) is 0.333. The Hall–Kier alpha value is -4.24. The quantitative estimate of drug-likeness (QED) is 0.258. The molecule has 0 spiro atoms. The summed E-state index contributed by atoms with van der Waals surface area (Å²) >= 11 is 3.45. The Morgan fingerprint density at radius 2 is 1.60 bits per heavy atom. The maximum absolute atomic E-state index is 14.5. The van der Waals surface area contributed by atoms with Crippen molar-refractivity contribution in [2.45, 2.75) is 39.0 Å². The molecule has 9 heteroatoms. The van der Waals surface area contributed by atoms with Gasteiger partial charge in [-0.3, -0.25) is 24.1 Å². The van der Waals surface area contributed by atoms with Crippen molar-refractivity contribution >= 4 is 50.9 Å². The molecule has 3 fully saturated rings. The molecule has 0 radical (unpaired) electrons. The number of phenols is 1. The summed E-state index contributed by atoms with van der Waals surface area (Å²) in [6.45, 7) is 3.89. The van der Waals surface area contributed by atoms with E-state index in [0.29, 0.717) is 27.8 Å². The van der Waals surface area contributed by atoms with Crippen molar-refractivity contribution < 1.29 is 29.0 Å². The van der Waals surface area contributed by atoms with Crippen LogP contribution in [0.15, 0.2) is 82.9 Å². The van der Waals surface area contributed by atoms with Crippen LogP contribution in [0.1, 0.15) is 43.7 Å². The van der Waals surface area contributed by atoms with Crippen LogP contribution in [-0.4, -0.2) is 35.8 Å². The molecule has 6 unspecified atom stereocenters. The van der Waals surface area contributed by atoms with Gasteiger partial charge < -0.3 is 9.84 Å². The first kappa shape index (κ1) is 29.5. The Balaban J connectivity index is 1.37. The molecule has 4 aliphatic rings. The summed E-state index contributed by atoms with van der Waals surface area (Å²) in [5.74, 6) is -3.99. The van der Waals surface area contributed by atoms with Gasteiger partial charge in [-0.1, -0.05) is 48.9 Å². The zero-order valence-electron chi connectivity index (χ0n) is 25.2. The number of hydrogen-bond acceptors (Lipinski definition) is 6. The van der Waals surface area contributed by atoms with Crippen LogP contribution in [0.3, 0.4) is 0 Å². The molecule has 230 valence electrons. The Morgan fingerprint density at radius 3 is 2.27 bits per heavy atom. The van der Waals surface area contributed by atoms with Crippen molar-refractivity contribution in [2.75, 3.05) is 16.9 Å². The third kappa shape index (κ3) is 4.16. The van der Waals surface area contributed by atoms with E-state index in [-0.39, 0.29) is 41.5 Å². The zero-order valence-corrected chi connectivity index (χ0v) is 26.8. The van der Waals surface area contributed by atoms with Gasteiger partial charge in [0.25, 0.3) is 0 Å². The first-order valence-electron chi connectivity index (χ1n) is 15.3. The minimum atomic E-state index is -1.19. The number of benzene rings is 3. The van der Waals surface area contributed by atoms with E-state index in [0.717, 1.165) is 17.6 Å². The molecule has 8 nitrogen and oxygen atoms in total. The molecule has 3 aromatic carbocycles. The SMILES string of the molecule is CCc1ccc(N2C(=O)C3CC=C4C(CC5C(=O)N(c6ccccc6)C(=O)C5(C)C4c4cc(Br)c(O)c(OC)c4)C3C2=O)cc1. The van der Waals surface area contributed by atoms with Crippen LogP contribution >= 0.6 is 15.9 Å². The Kier molecular flexibility index (Phi) is 7.00. The number of anilines is 2. The molecule has 2 aliphatic carbocycles. The number of nitrogens with zero attached hydrogens (tertiary/aromatic N) is 2. The molecule has 4 amide bonds. The molecule has 0 bridgehead atoms. The van der Waals surface area contributed by atoms with Gasteiger partial charge in [0.1, 0.15) is 0 Å².